The fraction of sp³-hybridized carbons (Fsp3) is 0.278. The Balaban J connectivity index is 1.86. The molecule has 0 aliphatic heterocycles. The van der Waals surface area contributed by atoms with Crippen LogP contribution in [0.3, 0.4) is 0 Å². The topological polar surface area (TPSA) is 81.5 Å². The fourth-order valence-electron chi connectivity index (χ4n) is 2.19. The Morgan fingerprint density at radius 3 is 2.54 bits per heavy atom. The molecule has 0 saturated heterocycles. The molecule has 2 aromatic rings. The van der Waals surface area contributed by atoms with E-state index in [1.807, 2.05) is 38.1 Å². The lowest BCUT2D eigenvalue weighted by molar-refractivity contribution is -0.384. The van der Waals surface area contributed by atoms with Gasteiger partial charge in [-0.25, -0.2) is 0 Å². The molecule has 0 aliphatic carbocycles. The van der Waals surface area contributed by atoms with Crippen LogP contribution in [0.25, 0.3) is 0 Å². The number of amides is 1. The van der Waals surface area contributed by atoms with Crippen LogP contribution in [0.15, 0.2) is 48.5 Å². The molecule has 0 unspecified atom stereocenters. The minimum atomic E-state index is -0.516. The Hall–Kier alpha value is -2.89. The number of hydrogen-bond donors (Lipinski definition) is 1. The summed E-state index contributed by atoms with van der Waals surface area (Å²) < 4.78 is 5.58. The smallest absolute Gasteiger partial charge is 0.270 e. The first-order valence-corrected chi connectivity index (χ1v) is 7.74. The summed E-state index contributed by atoms with van der Waals surface area (Å²) in [5, 5.41) is 13.5. The molecule has 0 heterocycles. The van der Waals surface area contributed by atoms with Gasteiger partial charge in [0.2, 0.25) is 0 Å². The second kappa shape index (κ2) is 8.10. The Morgan fingerprint density at radius 1 is 1.21 bits per heavy atom. The maximum atomic E-state index is 12.0. The predicted octanol–water partition coefficient (Wildman–Crippen LogP) is 3.35. The van der Waals surface area contributed by atoms with Crippen molar-refractivity contribution in [1.82, 2.24) is 5.32 Å². The van der Waals surface area contributed by atoms with Gasteiger partial charge in [0, 0.05) is 24.2 Å². The molecule has 0 aliphatic rings. The first-order chi connectivity index (χ1) is 11.5. The molecule has 0 spiro atoms. The summed E-state index contributed by atoms with van der Waals surface area (Å²) in [5.41, 5.74) is 1.26. The van der Waals surface area contributed by atoms with E-state index in [-0.39, 0.29) is 23.3 Å². The average Bonchev–Trinajstić information content (AvgIpc) is 2.56. The first-order valence-electron chi connectivity index (χ1n) is 7.74. The Kier molecular flexibility index (Phi) is 5.89. The largest absolute Gasteiger partial charge is 0.491 e. The van der Waals surface area contributed by atoms with Crippen LogP contribution in [0.1, 0.15) is 29.8 Å². The normalized spacial score (nSPS) is 10.5. The van der Waals surface area contributed by atoms with Crippen molar-refractivity contribution in [1.29, 1.82) is 0 Å². The summed E-state index contributed by atoms with van der Waals surface area (Å²) >= 11 is 0. The highest BCUT2D eigenvalue weighted by molar-refractivity contribution is 5.94. The Morgan fingerprint density at radius 2 is 1.92 bits per heavy atom. The molecule has 126 valence electrons. The average molecular weight is 328 g/mol. The molecule has 6 heteroatoms. The molecule has 1 amide bonds. The summed E-state index contributed by atoms with van der Waals surface area (Å²) in [6.07, 6.45) is 0.799. The van der Waals surface area contributed by atoms with Crippen molar-refractivity contribution in [3.8, 4) is 5.75 Å². The van der Waals surface area contributed by atoms with Gasteiger partial charge in [0.1, 0.15) is 5.75 Å². The van der Waals surface area contributed by atoms with Gasteiger partial charge >= 0.3 is 0 Å². The molecule has 0 aromatic heterocycles. The lowest BCUT2D eigenvalue weighted by atomic mass is 10.1. The number of carbonyl (C=O) groups is 1. The van der Waals surface area contributed by atoms with Gasteiger partial charge in [0.25, 0.3) is 11.6 Å². The summed E-state index contributed by atoms with van der Waals surface area (Å²) in [6, 6.07) is 13.4. The zero-order valence-corrected chi connectivity index (χ0v) is 13.7. The molecule has 0 radical (unpaired) electrons. The molecule has 2 aromatic carbocycles. The van der Waals surface area contributed by atoms with E-state index in [4.69, 9.17) is 4.74 Å². The number of rotatable bonds is 7. The number of nitrogens with one attached hydrogen (secondary N) is 1. The van der Waals surface area contributed by atoms with Crippen molar-refractivity contribution in [3.05, 3.63) is 69.8 Å². The van der Waals surface area contributed by atoms with E-state index in [9.17, 15) is 14.9 Å². The highest BCUT2D eigenvalue weighted by atomic mass is 16.6. The molecule has 0 bridgehead atoms. The Bertz CT molecular complexity index is 711. The highest BCUT2D eigenvalue weighted by Crippen LogP contribution is 2.15. The van der Waals surface area contributed by atoms with Crippen LogP contribution in [0.5, 0.6) is 5.75 Å². The van der Waals surface area contributed by atoms with Crippen LogP contribution in [-0.2, 0) is 6.42 Å². The Labute approximate surface area is 140 Å². The van der Waals surface area contributed by atoms with E-state index in [1.54, 1.807) is 6.07 Å². The van der Waals surface area contributed by atoms with Crippen LogP contribution < -0.4 is 10.1 Å². The van der Waals surface area contributed by atoms with Crippen LogP contribution in [0.2, 0.25) is 0 Å². The van der Waals surface area contributed by atoms with Gasteiger partial charge in [0.05, 0.1) is 11.0 Å². The van der Waals surface area contributed by atoms with Crippen molar-refractivity contribution in [2.24, 2.45) is 0 Å². The van der Waals surface area contributed by atoms with E-state index in [0.29, 0.717) is 13.0 Å². The number of ether oxygens (including phenoxy) is 1. The molecule has 0 saturated carbocycles. The van der Waals surface area contributed by atoms with Gasteiger partial charge < -0.3 is 10.1 Å². The van der Waals surface area contributed by atoms with E-state index in [2.05, 4.69) is 5.32 Å². The van der Waals surface area contributed by atoms with Crippen molar-refractivity contribution < 1.29 is 14.5 Å². The summed E-state index contributed by atoms with van der Waals surface area (Å²) in [4.78, 5) is 22.2. The number of non-ortho nitro benzene ring substituents is 1. The summed E-state index contributed by atoms with van der Waals surface area (Å²) in [7, 11) is 0. The second-order valence-electron chi connectivity index (χ2n) is 5.62. The van der Waals surface area contributed by atoms with E-state index in [0.717, 1.165) is 11.3 Å². The number of nitro benzene ring substituents is 1. The number of nitrogens with zero attached hydrogens (tertiary/aromatic N) is 1. The third kappa shape index (κ3) is 5.08. The van der Waals surface area contributed by atoms with Crippen molar-refractivity contribution in [2.75, 3.05) is 6.54 Å². The van der Waals surface area contributed by atoms with Crippen molar-refractivity contribution in [2.45, 2.75) is 26.4 Å². The quantitative estimate of drug-likeness (QED) is 0.624. The molecule has 2 rings (SSSR count). The van der Waals surface area contributed by atoms with E-state index >= 15 is 0 Å². The molecular formula is C18H20N2O4. The number of nitro groups is 1. The lowest BCUT2D eigenvalue weighted by Gasteiger charge is -2.10. The minimum Gasteiger partial charge on any atom is -0.491 e. The molecule has 1 N–H and O–H groups in total. The van der Waals surface area contributed by atoms with Gasteiger partial charge in [-0.05, 0) is 44.0 Å². The predicted molar refractivity (Wildman–Crippen MR) is 91.3 cm³/mol. The minimum absolute atomic E-state index is 0.0941. The molecule has 0 atom stereocenters. The highest BCUT2D eigenvalue weighted by Gasteiger charge is 2.10. The zero-order chi connectivity index (χ0) is 17.5. The van der Waals surface area contributed by atoms with Gasteiger partial charge in [-0.15, -0.1) is 0 Å². The SMILES string of the molecule is CC(C)Oc1ccc(CCNC(=O)c2cccc([N+](=O)[O-])c2)cc1. The number of carbonyl (C=O) groups excluding carboxylic acids is 1. The first kappa shape index (κ1) is 17.5. The van der Waals surface area contributed by atoms with Crippen LogP contribution in [-0.4, -0.2) is 23.5 Å². The van der Waals surface area contributed by atoms with E-state index < -0.39 is 4.92 Å². The standard InChI is InChI=1S/C18H20N2O4/c1-13(2)24-17-8-6-14(7-9-17)10-11-19-18(21)15-4-3-5-16(12-15)20(22)23/h3-9,12-13H,10-11H2,1-2H3,(H,19,21). The van der Waals surface area contributed by atoms with Crippen LogP contribution >= 0.6 is 0 Å². The van der Waals surface area contributed by atoms with Crippen LogP contribution in [0, 0.1) is 10.1 Å². The number of benzene rings is 2. The monoisotopic (exact) mass is 328 g/mol. The third-order valence-corrected chi connectivity index (χ3v) is 3.31. The molecule has 24 heavy (non-hydrogen) atoms. The van der Waals surface area contributed by atoms with Crippen molar-refractivity contribution >= 4 is 11.6 Å². The fourth-order valence-corrected chi connectivity index (χ4v) is 2.19. The molecule has 0 fully saturated rings. The zero-order valence-electron chi connectivity index (χ0n) is 13.7. The van der Waals surface area contributed by atoms with Gasteiger partial charge in [-0.2, -0.15) is 0 Å². The lowest BCUT2D eigenvalue weighted by Crippen LogP contribution is -2.25. The number of hydrogen-bond acceptors (Lipinski definition) is 4. The summed E-state index contributed by atoms with van der Waals surface area (Å²) in [5.74, 6) is 0.493. The summed E-state index contributed by atoms with van der Waals surface area (Å²) in [6.45, 7) is 4.39. The maximum absolute atomic E-state index is 12.0. The molecular weight excluding hydrogens is 308 g/mol. The van der Waals surface area contributed by atoms with Crippen LogP contribution in [0.4, 0.5) is 5.69 Å². The van der Waals surface area contributed by atoms with Gasteiger partial charge in [-0.1, -0.05) is 18.2 Å². The van der Waals surface area contributed by atoms with Gasteiger partial charge in [-0.3, -0.25) is 14.9 Å². The third-order valence-electron chi connectivity index (χ3n) is 3.31. The molecule has 6 nitrogen and oxygen atoms in total. The van der Waals surface area contributed by atoms with Gasteiger partial charge in [0.15, 0.2) is 0 Å². The van der Waals surface area contributed by atoms with E-state index in [1.165, 1.54) is 18.2 Å². The van der Waals surface area contributed by atoms with Crippen molar-refractivity contribution in [3.63, 3.8) is 0 Å². The second-order valence-corrected chi connectivity index (χ2v) is 5.62. The maximum Gasteiger partial charge on any atom is 0.270 e.